The number of para-hydroxylation sites is 2. The van der Waals surface area contributed by atoms with Crippen LogP contribution in [0.15, 0.2) is 124 Å². The summed E-state index contributed by atoms with van der Waals surface area (Å²) in [6.07, 6.45) is 2.06. The number of halogens is 1. The van der Waals surface area contributed by atoms with E-state index in [-0.39, 0.29) is 11.9 Å². The van der Waals surface area contributed by atoms with Crippen molar-refractivity contribution in [1.82, 2.24) is 9.47 Å². The molecule has 0 unspecified atom stereocenters. The number of carbonyl (C=O) groups is 1. The van der Waals surface area contributed by atoms with E-state index in [4.69, 9.17) is 4.99 Å². The lowest BCUT2D eigenvalue weighted by molar-refractivity contribution is -0.123. The van der Waals surface area contributed by atoms with Gasteiger partial charge < -0.3 is 4.57 Å². The fourth-order valence-corrected chi connectivity index (χ4v) is 6.46. The smallest absolute Gasteiger partial charge is 0.267 e. The summed E-state index contributed by atoms with van der Waals surface area (Å²) in [7, 11) is 0. The number of benzene rings is 4. The van der Waals surface area contributed by atoms with Crippen LogP contribution >= 0.6 is 27.7 Å². The van der Waals surface area contributed by atoms with Crippen molar-refractivity contribution in [2.24, 2.45) is 4.99 Å². The van der Waals surface area contributed by atoms with Crippen LogP contribution in [0.3, 0.4) is 0 Å². The molecule has 1 aliphatic rings. The standard InChI is InChI=1S/C34H28BrN3OS/c1-23(26-11-5-3-6-12-26)38-33(39)32(40-34(38)36-28-13-7-4-8-14-28)21-30-24(2)37(31-16-10-9-15-29(30)31)22-25-17-19-27(35)20-18-25/h3-21,23H,22H2,1-2H3/b32-21+,36-34?/t23-/m1/s1. The molecule has 5 aromatic rings. The minimum absolute atomic E-state index is 0.0276. The van der Waals surface area contributed by atoms with Crippen molar-refractivity contribution in [2.75, 3.05) is 0 Å². The van der Waals surface area contributed by atoms with Crippen LogP contribution in [-0.2, 0) is 11.3 Å². The molecule has 2 heterocycles. The largest absolute Gasteiger partial charge is 0.340 e. The van der Waals surface area contributed by atoms with Gasteiger partial charge in [0.15, 0.2) is 5.17 Å². The molecule has 198 valence electrons. The Morgan fingerprint density at radius 1 is 0.875 bits per heavy atom. The molecule has 0 spiro atoms. The zero-order valence-electron chi connectivity index (χ0n) is 22.3. The Kier molecular flexibility index (Phi) is 7.46. The van der Waals surface area contributed by atoms with Crippen LogP contribution in [-0.4, -0.2) is 20.5 Å². The number of fused-ring (bicyclic) bond motifs is 1. The van der Waals surface area contributed by atoms with Gasteiger partial charge in [-0.1, -0.05) is 94.8 Å². The molecular weight excluding hydrogens is 578 g/mol. The van der Waals surface area contributed by atoms with E-state index >= 15 is 0 Å². The van der Waals surface area contributed by atoms with E-state index in [1.54, 1.807) is 0 Å². The summed E-state index contributed by atoms with van der Waals surface area (Å²) >= 11 is 4.98. The van der Waals surface area contributed by atoms with E-state index in [9.17, 15) is 4.79 Å². The molecule has 0 saturated carbocycles. The number of amidine groups is 1. The molecule has 0 aliphatic carbocycles. The fourth-order valence-electron chi connectivity index (χ4n) is 5.15. The second-order valence-corrected chi connectivity index (χ2v) is 11.8. The van der Waals surface area contributed by atoms with Gasteiger partial charge in [0.05, 0.1) is 16.6 Å². The summed E-state index contributed by atoms with van der Waals surface area (Å²) in [5.41, 5.74) is 6.46. The van der Waals surface area contributed by atoms with Crippen molar-refractivity contribution >= 4 is 61.4 Å². The third kappa shape index (κ3) is 5.17. The van der Waals surface area contributed by atoms with Crippen LogP contribution in [0.2, 0.25) is 0 Å². The average Bonchev–Trinajstić information content (AvgIpc) is 3.43. The summed E-state index contributed by atoms with van der Waals surface area (Å²) in [4.78, 5) is 21.5. The fraction of sp³-hybridized carbons (Fsp3) is 0.118. The normalized spacial score (nSPS) is 16.4. The lowest BCUT2D eigenvalue weighted by Crippen LogP contribution is -2.32. The van der Waals surface area contributed by atoms with Gasteiger partial charge in [-0.2, -0.15) is 0 Å². The number of amides is 1. The molecule has 1 aromatic heterocycles. The van der Waals surface area contributed by atoms with Gasteiger partial charge in [-0.15, -0.1) is 0 Å². The van der Waals surface area contributed by atoms with Crippen LogP contribution in [0, 0.1) is 6.92 Å². The topological polar surface area (TPSA) is 37.6 Å². The van der Waals surface area contributed by atoms with Crippen molar-refractivity contribution in [3.05, 3.63) is 141 Å². The highest BCUT2D eigenvalue weighted by Gasteiger charge is 2.37. The Morgan fingerprint density at radius 3 is 2.25 bits per heavy atom. The highest BCUT2D eigenvalue weighted by atomic mass is 79.9. The van der Waals surface area contributed by atoms with Crippen molar-refractivity contribution in [3.8, 4) is 0 Å². The first-order valence-electron chi connectivity index (χ1n) is 13.2. The van der Waals surface area contributed by atoms with E-state index in [2.05, 4.69) is 101 Å². The van der Waals surface area contributed by atoms with Crippen molar-refractivity contribution in [3.63, 3.8) is 0 Å². The number of thioether (sulfide) groups is 1. The highest BCUT2D eigenvalue weighted by Crippen LogP contribution is 2.40. The molecule has 1 aliphatic heterocycles. The summed E-state index contributed by atoms with van der Waals surface area (Å²) < 4.78 is 3.40. The van der Waals surface area contributed by atoms with E-state index in [1.165, 1.54) is 17.3 Å². The minimum Gasteiger partial charge on any atom is -0.340 e. The molecule has 0 bridgehead atoms. The third-order valence-electron chi connectivity index (χ3n) is 7.30. The van der Waals surface area contributed by atoms with E-state index < -0.39 is 0 Å². The van der Waals surface area contributed by atoms with Gasteiger partial charge in [-0.25, -0.2) is 4.99 Å². The number of hydrogen-bond donors (Lipinski definition) is 0. The zero-order valence-corrected chi connectivity index (χ0v) is 24.7. The van der Waals surface area contributed by atoms with E-state index in [0.717, 1.165) is 44.4 Å². The van der Waals surface area contributed by atoms with Gasteiger partial charge >= 0.3 is 0 Å². The van der Waals surface area contributed by atoms with Crippen LogP contribution in [0.4, 0.5) is 5.69 Å². The highest BCUT2D eigenvalue weighted by molar-refractivity contribution is 9.10. The Bertz CT molecular complexity index is 1740. The number of rotatable bonds is 6. The van der Waals surface area contributed by atoms with Crippen LogP contribution in [0.25, 0.3) is 17.0 Å². The number of hydrogen-bond acceptors (Lipinski definition) is 3. The lowest BCUT2D eigenvalue weighted by Gasteiger charge is -2.24. The maximum Gasteiger partial charge on any atom is 0.267 e. The van der Waals surface area contributed by atoms with Gasteiger partial charge in [-0.05, 0) is 73.1 Å². The van der Waals surface area contributed by atoms with Crippen molar-refractivity contribution < 1.29 is 4.79 Å². The molecule has 1 amide bonds. The lowest BCUT2D eigenvalue weighted by atomic mass is 10.1. The number of carbonyl (C=O) groups excluding carboxylic acids is 1. The van der Waals surface area contributed by atoms with Crippen LogP contribution in [0.5, 0.6) is 0 Å². The Morgan fingerprint density at radius 2 is 1.52 bits per heavy atom. The maximum atomic E-state index is 14.0. The molecule has 4 aromatic carbocycles. The molecule has 0 N–H and O–H groups in total. The number of aliphatic imine (C=N–C) groups is 1. The first kappa shape index (κ1) is 26.4. The quantitative estimate of drug-likeness (QED) is 0.181. The summed E-state index contributed by atoms with van der Waals surface area (Å²) in [5.74, 6) is -0.0276. The average molecular weight is 607 g/mol. The van der Waals surface area contributed by atoms with Gasteiger partial charge in [0.25, 0.3) is 5.91 Å². The predicted molar refractivity (Wildman–Crippen MR) is 171 cm³/mol. The van der Waals surface area contributed by atoms with Crippen LogP contribution < -0.4 is 0 Å². The first-order chi connectivity index (χ1) is 19.5. The number of nitrogens with zero attached hydrogens (tertiary/aromatic N) is 3. The predicted octanol–water partition coefficient (Wildman–Crippen LogP) is 9.13. The van der Waals surface area contributed by atoms with Gasteiger partial charge in [0.1, 0.15) is 0 Å². The molecule has 0 radical (unpaired) electrons. The molecule has 40 heavy (non-hydrogen) atoms. The van der Waals surface area contributed by atoms with Crippen molar-refractivity contribution in [1.29, 1.82) is 0 Å². The third-order valence-corrected chi connectivity index (χ3v) is 8.81. The van der Waals surface area contributed by atoms with Crippen LogP contribution in [0.1, 0.15) is 35.3 Å². The summed E-state index contributed by atoms with van der Waals surface area (Å²) in [6, 6.07) is 36.6. The Balaban J connectivity index is 1.44. The minimum atomic E-state index is -0.158. The summed E-state index contributed by atoms with van der Waals surface area (Å²) in [6.45, 7) is 4.95. The van der Waals surface area contributed by atoms with E-state index in [0.29, 0.717) is 10.1 Å². The molecule has 6 heteroatoms. The van der Waals surface area contributed by atoms with Gasteiger partial charge in [0.2, 0.25) is 0 Å². The number of aromatic nitrogens is 1. The second kappa shape index (κ2) is 11.3. The molecule has 4 nitrogen and oxygen atoms in total. The van der Waals surface area contributed by atoms with E-state index in [1.807, 2.05) is 53.4 Å². The van der Waals surface area contributed by atoms with Gasteiger partial charge in [0, 0.05) is 33.2 Å². The Hall–Kier alpha value is -3.87. The molecule has 1 saturated heterocycles. The molecular formula is C34H28BrN3OS. The second-order valence-electron chi connectivity index (χ2n) is 9.83. The Labute approximate surface area is 247 Å². The van der Waals surface area contributed by atoms with Crippen molar-refractivity contribution in [2.45, 2.75) is 26.4 Å². The first-order valence-corrected chi connectivity index (χ1v) is 14.8. The molecule has 1 atom stereocenters. The molecule has 6 rings (SSSR count). The summed E-state index contributed by atoms with van der Waals surface area (Å²) in [5, 5.41) is 1.82. The van der Waals surface area contributed by atoms with Gasteiger partial charge in [-0.3, -0.25) is 9.69 Å². The zero-order chi connectivity index (χ0) is 27.6. The molecule has 1 fully saturated rings. The maximum absolute atomic E-state index is 14.0. The SMILES string of the molecule is Cc1c(/C=C2/SC(=Nc3ccccc3)N([C@H](C)c3ccccc3)C2=O)c2ccccc2n1Cc1ccc(Br)cc1. The monoisotopic (exact) mass is 605 g/mol.